The van der Waals surface area contributed by atoms with Crippen molar-refractivity contribution in [1.82, 2.24) is 14.2 Å². The fourth-order valence-corrected chi connectivity index (χ4v) is 6.10. The molecule has 2 aliphatic rings. The molecule has 2 heterocycles. The SMILES string of the molecule is CCC(NC(=O)c1cn(C2CCN(S(C)(=O)=O)C2)c2cc(NC3CCCCC3)c(F)cc2c1=O)C(=O)O. The van der Waals surface area contributed by atoms with Gasteiger partial charge in [0.2, 0.25) is 15.5 Å². The Labute approximate surface area is 214 Å². The molecule has 0 bridgehead atoms. The molecule has 12 heteroatoms. The zero-order valence-electron chi connectivity index (χ0n) is 21.0. The van der Waals surface area contributed by atoms with Gasteiger partial charge in [-0.2, -0.15) is 0 Å². The fraction of sp³-hybridized carbons (Fsp3) is 0.560. The molecule has 3 N–H and O–H groups in total. The summed E-state index contributed by atoms with van der Waals surface area (Å²) in [6.45, 7) is 1.99. The highest BCUT2D eigenvalue weighted by Crippen LogP contribution is 2.31. The number of rotatable bonds is 8. The summed E-state index contributed by atoms with van der Waals surface area (Å²) in [5.41, 5.74) is -0.408. The van der Waals surface area contributed by atoms with Crippen LogP contribution in [0.5, 0.6) is 0 Å². The third-order valence-corrected chi connectivity index (χ3v) is 8.60. The van der Waals surface area contributed by atoms with Gasteiger partial charge in [0, 0.05) is 36.8 Å². The van der Waals surface area contributed by atoms with Gasteiger partial charge < -0.3 is 20.3 Å². The number of anilines is 1. The number of hydrogen-bond acceptors (Lipinski definition) is 6. The summed E-state index contributed by atoms with van der Waals surface area (Å²) in [6.07, 6.45) is 8.07. The van der Waals surface area contributed by atoms with E-state index >= 15 is 4.39 Å². The number of carboxylic acids is 1. The van der Waals surface area contributed by atoms with E-state index in [1.807, 2.05) is 0 Å². The second-order valence-electron chi connectivity index (χ2n) is 9.94. The Bertz CT molecular complexity index is 1370. The molecule has 1 aliphatic carbocycles. The van der Waals surface area contributed by atoms with Gasteiger partial charge >= 0.3 is 5.97 Å². The van der Waals surface area contributed by atoms with E-state index in [0.29, 0.717) is 11.9 Å². The zero-order valence-corrected chi connectivity index (χ0v) is 21.8. The third-order valence-electron chi connectivity index (χ3n) is 7.33. The van der Waals surface area contributed by atoms with Crippen LogP contribution in [0.2, 0.25) is 0 Å². The van der Waals surface area contributed by atoms with Crippen molar-refractivity contribution in [3.05, 3.63) is 39.9 Å². The highest BCUT2D eigenvalue weighted by Gasteiger charge is 2.32. The van der Waals surface area contributed by atoms with Crippen LogP contribution in [0.15, 0.2) is 23.1 Å². The van der Waals surface area contributed by atoms with E-state index in [9.17, 15) is 27.9 Å². The standard InChI is InChI=1S/C25H33FN4O6S/c1-3-20(25(33)34)28-24(32)18-14-30(16-9-10-29(13-16)37(2,35)36)22-12-21(19(26)11-17(22)23(18)31)27-15-7-5-4-6-8-15/h11-12,14-16,20,27H,3-10,13H2,1-2H3,(H,28,32)(H,33,34). The molecule has 4 rings (SSSR count). The fourth-order valence-electron chi connectivity index (χ4n) is 5.22. The number of pyridine rings is 1. The van der Waals surface area contributed by atoms with Crippen LogP contribution in [-0.2, 0) is 14.8 Å². The van der Waals surface area contributed by atoms with Crippen LogP contribution in [-0.4, -0.2) is 65.7 Å². The Balaban J connectivity index is 1.82. The first-order valence-electron chi connectivity index (χ1n) is 12.6. The first-order valence-corrected chi connectivity index (χ1v) is 14.5. The maximum atomic E-state index is 15.2. The molecule has 1 saturated carbocycles. The second-order valence-corrected chi connectivity index (χ2v) is 11.9. The summed E-state index contributed by atoms with van der Waals surface area (Å²) in [5.74, 6) is -2.74. The van der Waals surface area contributed by atoms with Crippen molar-refractivity contribution in [2.24, 2.45) is 0 Å². The van der Waals surface area contributed by atoms with Crippen LogP contribution in [0.1, 0.15) is 68.3 Å². The molecule has 2 atom stereocenters. The van der Waals surface area contributed by atoms with Crippen molar-refractivity contribution >= 4 is 38.5 Å². The summed E-state index contributed by atoms with van der Waals surface area (Å²) < 4.78 is 42.4. The van der Waals surface area contributed by atoms with Crippen molar-refractivity contribution in [2.45, 2.75) is 70.0 Å². The predicted octanol–water partition coefficient (Wildman–Crippen LogP) is 2.68. The first kappa shape index (κ1) is 27.1. The smallest absolute Gasteiger partial charge is 0.326 e. The summed E-state index contributed by atoms with van der Waals surface area (Å²) in [6, 6.07) is 1.17. The number of nitrogens with one attached hydrogen (secondary N) is 2. The number of benzene rings is 1. The number of fused-ring (bicyclic) bond motifs is 1. The molecule has 37 heavy (non-hydrogen) atoms. The highest BCUT2D eigenvalue weighted by atomic mass is 32.2. The highest BCUT2D eigenvalue weighted by molar-refractivity contribution is 7.88. The Morgan fingerprint density at radius 3 is 2.49 bits per heavy atom. The molecule has 2 fully saturated rings. The second kappa shape index (κ2) is 10.8. The van der Waals surface area contributed by atoms with Crippen molar-refractivity contribution < 1.29 is 27.5 Å². The lowest BCUT2D eigenvalue weighted by Crippen LogP contribution is -2.42. The molecule has 0 spiro atoms. The Hall–Kier alpha value is -2.99. The summed E-state index contributed by atoms with van der Waals surface area (Å²) >= 11 is 0. The minimum Gasteiger partial charge on any atom is -0.480 e. The number of hydrogen-bond donors (Lipinski definition) is 3. The minimum absolute atomic E-state index is 0.0273. The van der Waals surface area contributed by atoms with E-state index in [4.69, 9.17) is 0 Å². The normalized spacial score (nSPS) is 20.1. The van der Waals surface area contributed by atoms with Gasteiger partial charge in [-0.1, -0.05) is 26.2 Å². The van der Waals surface area contributed by atoms with E-state index < -0.39 is 45.2 Å². The molecule has 10 nitrogen and oxygen atoms in total. The van der Waals surface area contributed by atoms with E-state index in [-0.39, 0.29) is 42.2 Å². The number of aromatic nitrogens is 1. The van der Waals surface area contributed by atoms with Crippen LogP contribution < -0.4 is 16.1 Å². The lowest BCUT2D eigenvalue weighted by Gasteiger charge is -2.25. The van der Waals surface area contributed by atoms with E-state index in [1.165, 1.54) is 10.5 Å². The average molecular weight is 537 g/mol. The molecule has 1 saturated heterocycles. The van der Waals surface area contributed by atoms with Crippen LogP contribution in [0, 0.1) is 5.82 Å². The molecule has 0 radical (unpaired) electrons. The molecule has 2 unspecified atom stereocenters. The first-order chi connectivity index (χ1) is 17.5. The third kappa shape index (κ3) is 5.80. The van der Waals surface area contributed by atoms with Crippen molar-refractivity contribution in [2.75, 3.05) is 24.7 Å². The van der Waals surface area contributed by atoms with Crippen LogP contribution in [0.4, 0.5) is 10.1 Å². The van der Waals surface area contributed by atoms with Gasteiger partial charge in [0.1, 0.15) is 17.4 Å². The Kier molecular flexibility index (Phi) is 7.88. The molecular formula is C25H33FN4O6S. The molecule has 1 amide bonds. The van der Waals surface area contributed by atoms with Crippen molar-refractivity contribution in [3.63, 3.8) is 0 Å². The summed E-state index contributed by atoms with van der Waals surface area (Å²) in [7, 11) is -3.45. The number of sulfonamides is 1. The lowest BCUT2D eigenvalue weighted by atomic mass is 9.95. The Morgan fingerprint density at radius 1 is 1.19 bits per heavy atom. The summed E-state index contributed by atoms with van der Waals surface area (Å²) in [4.78, 5) is 37.8. The quantitative estimate of drug-likeness (QED) is 0.472. The maximum Gasteiger partial charge on any atom is 0.326 e. The molecule has 2 aromatic rings. The number of aliphatic carboxylic acids is 1. The maximum absolute atomic E-state index is 15.2. The summed E-state index contributed by atoms with van der Waals surface area (Å²) in [5, 5.41) is 14.9. The topological polar surface area (TPSA) is 138 Å². The van der Waals surface area contributed by atoms with E-state index in [1.54, 1.807) is 17.6 Å². The number of amides is 1. The van der Waals surface area contributed by atoms with E-state index in [2.05, 4.69) is 10.6 Å². The number of nitrogens with zero attached hydrogens (tertiary/aromatic N) is 2. The van der Waals surface area contributed by atoms with Crippen LogP contribution in [0.3, 0.4) is 0 Å². The van der Waals surface area contributed by atoms with Gasteiger partial charge in [-0.05, 0) is 37.8 Å². The number of carboxylic acid groups (broad SMARTS) is 1. The molecule has 1 aromatic heterocycles. The van der Waals surface area contributed by atoms with Gasteiger partial charge in [-0.15, -0.1) is 0 Å². The van der Waals surface area contributed by atoms with Gasteiger partial charge in [-0.3, -0.25) is 9.59 Å². The van der Waals surface area contributed by atoms with Crippen molar-refractivity contribution in [3.8, 4) is 0 Å². The molecule has 202 valence electrons. The van der Waals surface area contributed by atoms with Crippen molar-refractivity contribution in [1.29, 1.82) is 0 Å². The van der Waals surface area contributed by atoms with Gasteiger partial charge in [0.15, 0.2) is 0 Å². The average Bonchev–Trinajstić information content (AvgIpc) is 3.35. The number of carbonyl (C=O) groups is 2. The van der Waals surface area contributed by atoms with Gasteiger partial charge in [-0.25, -0.2) is 21.9 Å². The predicted molar refractivity (Wildman–Crippen MR) is 138 cm³/mol. The number of carbonyl (C=O) groups excluding carboxylic acids is 1. The van der Waals surface area contributed by atoms with Crippen LogP contribution >= 0.6 is 0 Å². The van der Waals surface area contributed by atoms with Gasteiger partial charge in [0.25, 0.3) is 5.91 Å². The monoisotopic (exact) mass is 536 g/mol. The lowest BCUT2D eigenvalue weighted by molar-refractivity contribution is -0.139. The molecule has 1 aliphatic heterocycles. The van der Waals surface area contributed by atoms with E-state index in [0.717, 1.165) is 44.4 Å². The zero-order chi connectivity index (χ0) is 26.9. The minimum atomic E-state index is -3.45. The number of halogens is 1. The van der Waals surface area contributed by atoms with Crippen LogP contribution in [0.25, 0.3) is 10.9 Å². The Morgan fingerprint density at radius 2 is 1.89 bits per heavy atom. The molecular weight excluding hydrogens is 503 g/mol. The largest absolute Gasteiger partial charge is 0.480 e. The van der Waals surface area contributed by atoms with Gasteiger partial charge in [0.05, 0.1) is 17.5 Å². The molecule has 1 aromatic carbocycles.